The lowest BCUT2D eigenvalue weighted by atomic mass is 9.80. The number of fused-ring (bicyclic) bond motifs is 1. The molecule has 2 N–H and O–H groups in total. The molecule has 2 fully saturated rings. The van der Waals surface area contributed by atoms with E-state index in [9.17, 15) is 18.0 Å². The lowest BCUT2D eigenvalue weighted by molar-refractivity contribution is -0.274. The lowest BCUT2D eigenvalue weighted by Crippen LogP contribution is -2.57. The summed E-state index contributed by atoms with van der Waals surface area (Å²) in [5.41, 5.74) is 8.59. The third kappa shape index (κ3) is 12.5. The summed E-state index contributed by atoms with van der Waals surface area (Å²) >= 11 is 12.9. The monoisotopic (exact) mass is 969 g/mol. The summed E-state index contributed by atoms with van der Waals surface area (Å²) in [5, 5.41) is 9.29. The van der Waals surface area contributed by atoms with Crippen molar-refractivity contribution in [1.29, 1.82) is 0 Å². The molecule has 1 aromatic heterocycles. The molecule has 0 spiro atoms. The van der Waals surface area contributed by atoms with Crippen LogP contribution in [-0.4, -0.2) is 72.0 Å². The third-order valence-electron chi connectivity index (χ3n) is 13.2. The van der Waals surface area contributed by atoms with Gasteiger partial charge in [0, 0.05) is 97.2 Å². The quantitative estimate of drug-likeness (QED) is 0.0831. The molecule has 68 heavy (non-hydrogen) atoms. The van der Waals surface area contributed by atoms with Gasteiger partial charge in [-0.05, 0) is 104 Å². The SMILES string of the molecule is COc1cc(CNC2(C(=O)NCCCn3cc(-c4ccc(OC(F)(F)F)cc4)c4cc(CN5CCN(Cc6c(Cl)cccc6Cl)CC5)ccc43)CCCCC2)ccc1OCc1cc(C)cc(C)c1. The number of halogens is 5. The molecular weight excluding hydrogens is 911 g/mol. The highest BCUT2D eigenvalue weighted by atomic mass is 35.5. The van der Waals surface area contributed by atoms with Crippen molar-refractivity contribution in [2.24, 2.45) is 0 Å². The zero-order valence-electron chi connectivity index (χ0n) is 39.0. The van der Waals surface area contributed by atoms with E-state index in [4.69, 9.17) is 32.7 Å². The first kappa shape index (κ1) is 49.2. The molecule has 9 nitrogen and oxygen atoms in total. The summed E-state index contributed by atoms with van der Waals surface area (Å²) in [6.45, 7) is 11.2. The first-order chi connectivity index (χ1) is 32.7. The van der Waals surface area contributed by atoms with Gasteiger partial charge in [0.15, 0.2) is 11.5 Å². The molecule has 14 heteroatoms. The van der Waals surface area contributed by atoms with Gasteiger partial charge in [0.05, 0.1) is 12.6 Å². The zero-order valence-corrected chi connectivity index (χ0v) is 40.5. The maximum atomic E-state index is 14.1. The number of hydrogen-bond acceptors (Lipinski definition) is 7. The van der Waals surface area contributed by atoms with Crippen molar-refractivity contribution in [2.75, 3.05) is 39.8 Å². The Labute approximate surface area is 407 Å². The second-order valence-electron chi connectivity index (χ2n) is 18.3. The van der Waals surface area contributed by atoms with Crippen LogP contribution in [-0.2, 0) is 37.6 Å². The van der Waals surface area contributed by atoms with Gasteiger partial charge in [-0.2, -0.15) is 0 Å². The number of rotatable bonds is 18. The number of benzene rings is 5. The molecule has 6 aromatic rings. The Morgan fingerprint density at radius 3 is 2.12 bits per heavy atom. The fourth-order valence-electron chi connectivity index (χ4n) is 9.75. The fourth-order valence-corrected chi connectivity index (χ4v) is 10.3. The maximum absolute atomic E-state index is 14.1. The predicted molar refractivity (Wildman–Crippen MR) is 265 cm³/mol. The third-order valence-corrected chi connectivity index (χ3v) is 13.9. The van der Waals surface area contributed by atoms with Crippen molar-refractivity contribution in [3.05, 3.63) is 147 Å². The van der Waals surface area contributed by atoms with Crippen molar-refractivity contribution in [3.63, 3.8) is 0 Å². The Kier molecular flexibility index (Phi) is 15.9. The number of hydrogen-bond donors (Lipinski definition) is 2. The molecule has 0 unspecified atom stereocenters. The van der Waals surface area contributed by atoms with Gasteiger partial charge in [-0.15, -0.1) is 13.2 Å². The largest absolute Gasteiger partial charge is 0.573 e. The number of nitrogens with one attached hydrogen (secondary N) is 2. The van der Waals surface area contributed by atoms with E-state index in [2.05, 4.69) is 86.2 Å². The number of carbonyl (C=O) groups is 1. The number of piperazine rings is 1. The van der Waals surface area contributed by atoms with E-state index in [0.717, 1.165) is 109 Å². The van der Waals surface area contributed by atoms with E-state index in [0.29, 0.717) is 60.8 Å². The number of ether oxygens (including phenoxy) is 3. The topological polar surface area (TPSA) is 80.2 Å². The van der Waals surface area contributed by atoms with Crippen LogP contribution in [0.15, 0.2) is 103 Å². The molecule has 1 aliphatic carbocycles. The van der Waals surface area contributed by atoms with Crippen molar-refractivity contribution < 1.29 is 32.2 Å². The van der Waals surface area contributed by atoms with E-state index in [1.807, 2.05) is 36.4 Å². The Morgan fingerprint density at radius 1 is 0.765 bits per heavy atom. The Hall–Kier alpha value is -5.24. The minimum absolute atomic E-state index is 0.00919. The van der Waals surface area contributed by atoms with Crippen LogP contribution in [0.1, 0.15) is 71.9 Å². The van der Waals surface area contributed by atoms with Gasteiger partial charge in [0.1, 0.15) is 12.4 Å². The minimum Gasteiger partial charge on any atom is -0.493 e. The van der Waals surface area contributed by atoms with Gasteiger partial charge in [0.2, 0.25) is 5.91 Å². The second-order valence-corrected chi connectivity index (χ2v) is 19.1. The molecule has 1 saturated heterocycles. The molecule has 5 aromatic carbocycles. The molecule has 360 valence electrons. The first-order valence-corrected chi connectivity index (χ1v) is 24.3. The van der Waals surface area contributed by atoms with Gasteiger partial charge in [-0.25, -0.2) is 0 Å². The van der Waals surface area contributed by atoms with Gasteiger partial charge in [-0.1, -0.05) is 102 Å². The molecule has 0 atom stereocenters. The number of nitrogens with zero attached hydrogens (tertiary/aromatic N) is 3. The number of aromatic nitrogens is 1. The Morgan fingerprint density at radius 2 is 1.44 bits per heavy atom. The highest BCUT2D eigenvalue weighted by Gasteiger charge is 2.39. The van der Waals surface area contributed by atoms with E-state index < -0.39 is 11.9 Å². The summed E-state index contributed by atoms with van der Waals surface area (Å²) in [6.07, 6.45) is 2.49. The van der Waals surface area contributed by atoms with Crippen LogP contribution in [0, 0.1) is 13.8 Å². The standard InChI is InChI=1S/C54H60Cl2F3N5O4/c1-37-27-38(2)29-41(28-37)36-67-50-18-12-39(31-51(50)66-3)32-61-53(19-5-4-6-20-53)52(65)60-21-8-22-64-35-45(42-13-15-43(16-14-42)68-54(57,58)59)44-30-40(11-17-49(44)64)33-62-23-25-63(26-24-62)34-46-47(55)9-7-10-48(46)56/h7,9-18,27-31,35,61H,4-6,8,19-26,32-34,36H2,1-3H3,(H,60,65). The molecular formula is C54H60Cl2F3N5O4. The number of alkyl halides is 3. The van der Waals surface area contributed by atoms with Crippen LogP contribution in [0.4, 0.5) is 13.2 Å². The highest BCUT2D eigenvalue weighted by molar-refractivity contribution is 6.36. The van der Waals surface area contributed by atoms with Crippen LogP contribution in [0.2, 0.25) is 10.0 Å². The van der Waals surface area contributed by atoms with Crippen LogP contribution in [0.3, 0.4) is 0 Å². The van der Waals surface area contributed by atoms with E-state index in [1.54, 1.807) is 19.2 Å². The normalized spacial score (nSPS) is 15.6. The van der Waals surface area contributed by atoms with Crippen LogP contribution < -0.4 is 24.8 Å². The lowest BCUT2D eigenvalue weighted by Gasteiger charge is -2.37. The molecule has 8 rings (SSSR count). The first-order valence-electron chi connectivity index (χ1n) is 23.5. The molecule has 2 heterocycles. The number of aryl methyl sites for hydroxylation is 3. The molecule has 0 radical (unpaired) electrons. The molecule has 1 saturated carbocycles. The number of methoxy groups -OCH3 is 1. The maximum Gasteiger partial charge on any atom is 0.573 e. The van der Waals surface area contributed by atoms with Crippen molar-refractivity contribution >= 4 is 40.0 Å². The summed E-state index contributed by atoms with van der Waals surface area (Å²) < 4.78 is 57.4. The average molecular weight is 971 g/mol. The molecule has 1 aliphatic heterocycles. The van der Waals surface area contributed by atoms with E-state index in [-0.39, 0.29) is 11.7 Å². The van der Waals surface area contributed by atoms with E-state index >= 15 is 0 Å². The summed E-state index contributed by atoms with van der Waals surface area (Å²) in [4.78, 5) is 18.9. The Bertz CT molecular complexity index is 2640. The van der Waals surface area contributed by atoms with Crippen molar-refractivity contribution in [1.82, 2.24) is 25.0 Å². The summed E-state index contributed by atoms with van der Waals surface area (Å²) in [5.74, 6) is 1.05. The highest BCUT2D eigenvalue weighted by Crippen LogP contribution is 2.36. The van der Waals surface area contributed by atoms with Crippen LogP contribution in [0.25, 0.3) is 22.0 Å². The second kappa shape index (κ2) is 22.0. The smallest absolute Gasteiger partial charge is 0.493 e. The predicted octanol–water partition coefficient (Wildman–Crippen LogP) is 12.0. The van der Waals surface area contributed by atoms with Gasteiger partial charge in [-0.3, -0.25) is 19.9 Å². The van der Waals surface area contributed by atoms with Crippen LogP contribution in [0.5, 0.6) is 17.2 Å². The Balaban J connectivity index is 0.912. The van der Waals surface area contributed by atoms with Crippen molar-refractivity contribution in [3.8, 4) is 28.4 Å². The number of amides is 1. The average Bonchev–Trinajstić information content (AvgIpc) is 3.68. The summed E-state index contributed by atoms with van der Waals surface area (Å²) in [6, 6.07) is 30.4. The molecule has 2 aliphatic rings. The number of carbonyl (C=O) groups excluding carboxylic acids is 1. The van der Waals surface area contributed by atoms with Crippen molar-refractivity contribution in [2.45, 2.75) is 97.1 Å². The van der Waals surface area contributed by atoms with Gasteiger partial charge in [0.25, 0.3) is 0 Å². The van der Waals surface area contributed by atoms with Crippen LogP contribution >= 0.6 is 23.2 Å². The van der Waals surface area contributed by atoms with E-state index in [1.165, 1.54) is 23.3 Å². The molecule has 1 amide bonds. The minimum atomic E-state index is -4.78. The zero-order chi connectivity index (χ0) is 47.8. The van der Waals surface area contributed by atoms with Gasteiger partial charge < -0.3 is 24.1 Å². The fraction of sp³-hybridized carbons (Fsp3) is 0.389. The summed E-state index contributed by atoms with van der Waals surface area (Å²) in [7, 11) is 1.64. The molecule has 0 bridgehead atoms. The van der Waals surface area contributed by atoms with Gasteiger partial charge >= 0.3 is 6.36 Å².